The number of fused-ring (bicyclic) bond motifs is 4. The molecule has 24 nitrogen and oxygen atoms in total. The molecule has 14 aromatic rings. The number of anilines is 4. The molecule has 4 heterocycles. The molecule has 0 bridgehead atoms. The van der Waals surface area contributed by atoms with Gasteiger partial charge in [0.05, 0.1) is 99.7 Å². The van der Waals surface area contributed by atoms with Crippen LogP contribution in [-0.4, -0.2) is 97.0 Å². The predicted molar refractivity (Wildman–Crippen MR) is 450 cm³/mol. The summed E-state index contributed by atoms with van der Waals surface area (Å²) >= 11 is 24.3. The zero-order valence-corrected chi connectivity index (χ0v) is 69.8. The molecule has 0 saturated heterocycles. The molecule has 592 valence electrons. The zero-order chi connectivity index (χ0) is 82.1. The Morgan fingerprint density at radius 1 is 0.325 bits per heavy atom. The van der Waals surface area contributed by atoms with Crippen molar-refractivity contribution in [2.45, 2.75) is 115 Å². The molecule has 0 aliphatic heterocycles. The number of esters is 2. The van der Waals surface area contributed by atoms with Gasteiger partial charge >= 0.3 is 11.9 Å². The molecule has 0 atom stereocenters. The number of carbonyl (C=O) groups excluding carboxylic acids is 2. The van der Waals surface area contributed by atoms with E-state index in [9.17, 15) is 43.3 Å². The molecule has 0 unspecified atom stereocenters. The van der Waals surface area contributed by atoms with Gasteiger partial charge in [0, 0.05) is 33.2 Å². The van der Waals surface area contributed by atoms with Crippen LogP contribution in [0.5, 0.6) is 0 Å². The molecule has 10 aromatic carbocycles. The average molecular weight is 1700 g/mol. The molecule has 4 N–H and O–H groups in total. The molecule has 4 aromatic heterocycles. The van der Waals surface area contributed by atoms with Crippen molar-refractivity contribution in [1.29, 1.82) is 0 Å². The van der Waals surface area contributed by atoms with Crippen molar-refractivity contribution in [3.63, 3.8) is 0 Å². The molecule has 0 aliphatic rings. The molecule has 0 fully saturated rings. The van der Waals surface area contributed by atoms with E-state index in [4.69, 9.17) is 55.9 Å². The standard InChI is InChI=1S/2C22H20ClN3O2S.2C19H20ClN3O4S/c1-15-19(23)9-6-10-22(15)29(27,28)25-18-11-12-21-20(13-18)24-16(2)26(21)14-17-7-4-3-5-8-17;1-15-19(23)9-6-10-22(15)29(27,28)25-18-11-12-20-21(13-18)26(16(2)24-20)14-17-7-4-3-5-8-17;1-4-27-19(24)11-23-13(3)21-16-10-14(8-9-17(16)23)22-28(25,26)18-7-5-6-15(20)12(18)2;1-4-27-19(24)11-23-13(3)21-16-9-8-14(10-17(16)23)22-28(25,26)18-7-5-6-15(20)12(18)2/h2*3-13,25H,14H2,1-2H3;2*5-10,22H,4,11H2,1-3H3. The number of carbonyl (C=O) groups is 2. The number of imidazole rings is 4. The van der Waals surface area contributed by atoms with Gasteiger partial charge in [-0.3, -0.25) is 28.5 Å². The second kappa shape index (κ2) is 35.7. The Balaban J connectivity index is 0.000000150. The molecule has 114 heavy (non-hydrogen) atoms. The molecule has 0 amide bonds. The summed E-state index contributed by atoms with van der Waals surface area (Å²) in [6.45, 7) is 19.6. The van der Waals surface area contributed by atoms with Gasteiger partial charge in [-0.1, -0.05) is 131 Å². The van der Waals surface area contributed by atoms with Crippen molar-refractivity contribution < 1.29 is 52.7 Å². The van der Waals surface area contributed by atoms with Gasteiger partial charge in [0.25, 0.3) is 40.1 Å². The average Bonchev–Trinajstić information content (AvgIpc) is 1.70. The number of aryl methyl sites for hydroxylation is 4. The Hall–Kier alpha value is -10.8. The van der Waals surface area contributed by atoms with Crippen LogP contribution in [0, 0.1) is 55.4 Å². The molecular weight excluding hydrogens is 1620 g/mol. The Morgan fingerprint density at radius 3 is 0.930 bits per heavy atom. The number of sulfonamides is 4. The van der Waals surface area contributed by atoms with Gasteiger partial charge in [0.2, 0.25) is 0 Å². The first-order valence-electron chi connectivity index (χ1n) is 35.5. The number of rotatable bonds is 22. The summed E-state index contributed by atoms with van der Waals surface area (Å²) in [6.07, 6.45) is 0. The maximum Gasteiger partial charge on any atom is 0.326 e. The third-order valence-corrected chi connectivity index (χ3v) is 26.1. The van der Waals surface area contributed by atoms with Gasteiger partial charge in [0.1, 0.15) is 36.4 Å². The van der Waals surface area contributed by atoms with E-state index in [2.05, 4.69) is 72.2 Å². The minimum atomic E-state index is -3.83. The summed E-state index contributed by atoms with van der Waals surface area (Å²) in [5.41, 5.74) is 11.9. The van der Waals surface area contributed by atoms with Crippen molar-refractivity contribution in [1.82, 2.24) is 38.2 Å². The zero-order valence-electron chi connectivity index (χ0n) is 63.5. The van der Waals surface area contributed by atoms with Gasteiger partial charge in [-0.2, -0.15) is 0 Å². The summed E-state index contributed by atoms with van der Waals surface area (Å²) < 4.78 is 131. The molecule has 0 spiro atoms. The highest BCUT2D eigenvalue weighted by Crippen LogP contribution is 2.33. The van der Waals surface area contributed by atoms with Crippen LogP contribution in [0.15, 0.2) is 226 Å². The summed E-state index contributed by atoms with van der Waals surface area (Å²) in [4.78, 5) is 42.3. The number of nitrogens with zero attached hydrogens (tertiary/aromatic N) is 8. The first kappa shape index (κ1) is 84.1. The molecule has 0 radical (unpaired) electrons. The smallest absolute Gasteiger partial charge is 0.326 e. The highest BCUT2D eigenvalue weighted by Gasteiger charge is 2.25. The fourth-order valence-corrected chi connectivity index (χ4v) is 18.8. The Bertz CT molecular complexity index is 6460. The number of aromatic nitrogens is 8. The van der Waals surface area contributed by atoms with Crippen molar-refractivity contribution in [2.24, 2.45) is 0 Å². The number of hydrogen-bond acceptors (Lipinski definition) is 16. The third-order valence-electron chi connectivity index (χ3n) is 18.3. The van der Waals surface area contributed by atoms with Crippen LogP contribution in [0.25, 0.3) is 44.1 Å². The normalized spacial score (nSPS) is 11.6. The Morgan fingerprint density at radius 2 is 0.596 bits per heavy atom. The second-order valence-electron chi connectivity index (χ2n) is 26.2. The van der Waals surface area contributed by atoms with Crippen LogP contribution in [0.3, 0.4) is 0 Å². The van der Waals surface area contributed by atoms with E-state index in [1.165, 1.54) is 17.7 Å². The molecule has 0 saturated carbocycles. The van der Waals surface area contributed by atoms with Crippen molar-refractivity contribution in [3.05, 3.63) is 283 Å². The van der Waals surface area contributed by atoms with Crippen LogP contribution in [-0.2, 0) is 85.3 Å². The number of nitrogens with one attached hydrogen (secondary N) is 4. The first-order chi connectivity index (χ1) is 54.1. The van der Waals surface area contributed by atoms with Crippen LogP contribution in [0.2, 0.25) is 20.1 Å². The topological polar surface area (TPSA) is 309 Å². The molecule has 0 aliphatic carbocycles. The van der Waals surface area contributed by atoms with Gasteiger partial charge in [-0.05, 0) is 224 Å². The van der Waals surface area contributed by atoms with Gasteiger partial charge in [-0.15, -0.1) is 0 Å². The van der Waals surface area contributed by atoms with Crippen molar-refractivity contribution in [3.8, 4) is 0 Å². The highest BCUT2D eigenvalue weighted by atomic mass is 35.5. The number of halogens is 4. The van der Waals surface area contributed by atoms with Crippen LogP contribution >= 0.6 is 46.4 Å². The fraction of sp³-hybridized carbons (Fsp3) is 0.195. The Kier molecular flexibility index (Phi) is 26.3. The maximum absolute atomic E-state index is 12.9. The first-order valence-corrected chi connectivity index (χ1v) is 43.0. The predicted octanol–water partition coefficient (Wildman–Crippen LogP) is 17.7. The van der Waals surface area contributed by atoms with Crippen LogP contribution in [0.1, 0.15) is 70.5 Å². The van der Waals surface area contributed by atoms with Gasteiger partial charge < -0.3 is 27.7 Å². The molecular formula is C82H80Cl4N12O12S4. The summed E-state index contributed by atoms with van der Waals surface area (Å²) in [6, 6.07) is 60.1. The van der Waals surface area contributed by atoms with Crippen molar-refractivity contribution in [2.75, 3.05) is 32.1 Å². The fourth-order valence-electron chi connectivity index (χ4n) is 12.6. The Labute approximate surface area is 681 Å². The summed E-state index contributed by atoms with van der Waals surface area (Å²) in [5.74, 6) is 2.27. The van der Waals surface area contributed by atoms with E-state index >= 15 is 0 Å². The van der Waals surface area contributed by atoms with E-state index in [0.29, 0.717) is 119 Å². The van der Waals surface area contributed by atoms with Gasteiger partial charge in [0.15, 0.2) is 0 Å². The number of benzene rings is 10. The second-order valence-corrected chi connectivity index (χ2v) is 34.5. The quantitative estimate of drug-likeness (QED) is 0.0458. The van der Waals surface area contributed by atoms with E-state index < -0.39 is 40.1 Å². The van der Waals surface area contributed by atoms with Crippen LogP contribution in [0.4, 0.5) is 22.7 Å². The third kappa shape index (κ3) is 19.7. The molecule has 14 rings (SSSR count). The monoisotopic (exact) mass is 1690 g/mol. The van der Waals surface area contributed by atoms with E-state index in [1.807, 2.05) is 68.4 Å². The SMILES string of the molecule is CCOC(=O)Cn1c(C)nc2cc(NS(=O)(=O)c3cccc(Cl)c3C)ccc21.CCOC(=O)Cn1c(C)nc2ccc(NS(=O)(=O)c3cccc(Cl)c3C)cc21.Cc1c(Cl)cccc1S(=O)(=O)Nc1ccc2c(c1)nc(C)n2Cc1ccccc1.Cc1c(Cl)cccc1S(=O)(=O)Nc1ccc2nc(C)n(Cc3ccccc3)c2c1. The number of hydrogen-bond donors (Lipinski definition) is 4. The van der Waals surface area contributed by atoms with Crippen LogP contribution < -0.4 is 18.9 Å². The minimum Gasteiger partial charge on any atom is -0.465 e. The lowest BCUT2D eigenvalue weighted by atomic mass is 10.2. The maximum atomic E-state index is 12.9. The van der Waals surface area contributed by atoms with Crippen molar-refractivity contribution >= 4 is 165 Å². The number of ether oxygens (including phenoxy) is 2. The minimum absolute atomic E-state index is 0.000220. The lowest BCUT2D eigenvalue weighted by Crippen LogP contribution is -2.15. The highest BCUT2D eigenvalue weighted by molar-refractivity contribution is 7.93. The van der Waals surface area contributed by atoms with Gasteiger partial charge in [-0.25, -0.2) is 53.6 Å². The summed E-state index contributed by atoms with van der Waals surface area (Å²) in [5, 5.41) is 1.59. The lowest BCUT2D eigenvalue weighted by molar-refractivity contribution is -0.144. The van der Waals surface area contributed by atoms with E-state index in [1.54, 1.807) is 180 Å². The van der Waals surface area contributed by atoms with E-state index in [-0.39, 0.29) is 51.2 Å². The van der Waals surface area contributed by atoms with E-state index in [0.717, 1.165) is 39.3 Å². The lowest BCUT2D eigenvalue weighted by Gasteiger charge is -2.12. The molecule has 32 heteroatoms. The largest absolute Gasteiger partial charge is 0.465 e. The summed E-state index contributed by atoms with van der Waals surface area (Å²) in [7, 11) is -15.2.